The molecule has 0 bridgehead atoms. The number of anilines is 2. The van der Waals surface area contributed by atoms with Gasteiger partial charge in [-0.2, -0.15) is 0 Å². The number of hydrogen-bond donors (Lipinski definition) is 2. The van der Waals surface area contributed by atoms with Crippen LogP contribution in [0, 0.1) is 6.92 Å². The van der Waals surface area contributed by atoms with Crippen molar-refractivity contribution in [1.29, 1.82) is 0 Å². The Labute approximate surface area is 170 Å². The predicted molar refractivity (Wildman–Crippen MR) is 111 cm³/mol. The number of amides is 1. The summed E-state index contributed by atoms with van der Waals surface area (Å²) < 4.78 is 11.1. The minimum atomic E-state index is -0.179. The van der Waals surface area contributed by atoms with E-state index < -0.39 is 0 Å². The highest BCUT2D eigenvalue weighted by Gasteiger charge is 2.20. The van der Waals surface area contributed by atoms with Crippen molar-refractivity contribution in [3.63, 3.8) is 0 Å². The highest BCUT2D eigenvalue weighted by Crippen LogP contribution is 2.33. The number of ether oxygens (including phenoxy) is 2. The third-order valence-electron chi connectivity index (χ3n) is 5.03. The van der Waals surface area contributed by atoms with Gasteiger partial charge in [0.2, 0.25) is 0 Å². The first-order chi connectivity index (χ1) is 14.2. The molecule has 8 nitrogen and oxygen atoms in total. The molecule has 0 aliphatic carbocycles. The maximum absolute atomic E-state index is 12.5. The molecule has 0 spiro atoms. The van der Waals surface area contributed by atoms with Crippen LogP contribution in [0.25, 0.3) is 0 Å². The normalized spacial score (nSPS) is 15.7. The topological polar surface area (TPSA) is 88.6 Å². The number of benzene rings is 1. The Balaban J connectivity index is 1.32. The standard InChI is InChI=1S/C21H27N5O3/c1-15-24-18(14-19(25-15)26-10-3-2-4-11-26)22-8-9-23-21(27)16-6-5-7-17-20(16)29-13-12-28-17/h5-7,14H,2-4,8-13H2,1H3,(H,23,27)(H,22,24,25). The summed E-state index contributed by atoms with van der Waals surface area (Å²) in [6.07, 6.45) is 3.69. The van der Waals surface area contributed by atoms with E-state index in [4.69, 9.17) is 9.47 Å². The van der Waals surface area contributed by atoms with Crippen LogP contribution in [-0.2, 0) is 0 Å². The number of carbonyl (C=O) groups is 1. The van der Waals surface area contributed by atoms with Gasteiger partial charge in [0, 0.05) is 32.2 Å². The Morgan fingerprint density at radius 1 is 1.10 bits per heavy atom. The number of piperidine rings is 1. The average molecular weight is 397 g/mol. The van der Waals surface area contributed by atoms with E-state index in [0.29, 0.717) is 43.4 Å². The van der Waals surface area contributed by atoms with Gasteiger partial charge in [-0.05, 0) is 38.3 Å². The van der Waals surface area contributed by atoms with Crippen LogP contribution in [0.4, 0.5) is 11.6 Å². The zero-order valence-corrected chi connectivity index (χ0v) is 16.7. The van der Waals surface area contributed by atoms with Gasteiger partial charge in [-0.15, -0.1) is 0 Å². The minimum Gasteiger partial charge on any atom is -0.486 e. The predicted octanol–water partition coefficient (Wildman–Crippen LogP) is 2.39. The highest BCUT2D eigenvalue weighted by atomic mass is 16.6. The van der Waals surface area contributed by atoms with Gasteiger partial charge >= 0.3 is 0 Å². The summed E-state index contributed by atoms with van der Waals surface area (Å²) >= 11 is 0. The molecule has 3 heterocycles. The first-order valence-corrected chi connectivity index (χ1v) is 10.2. The van der Waals surface area contributed by atoms with Gasteiger partial charge in [-0.3, -0.25) is 4.79 Å². The van der Waals surface area contributed by atoms with Crippen LogP contribution >= 0.6 is 0 Å². The fourth-order valence-corrected chi connectivity index (χ4v) is 3.64. The quantitative estimate of drug-likeness (QED) is 0.724. The van der Waals surface area contributed by atoms with E-state index >= 15 is 0 Å². The molecule has 0 unspecified atom stereocenters. The maximum atomic E-state index is 12.5. The first kappa shape index (κ1) is 19.3. The monoisotopic (exact) mass is 397 g/mol. The lowest BCUT2D eigenvalue weighted by atomic mass is 10.1. The summed E-state index contributed by atoms with van der Waals surface area (Å²) in [4.78, 5) is 23.9. The molecule has 1 saturated heterocycles. The number of hydrogen-bond acceptors (Lipinski definition) is 7. The second-order valence-electron chi connectivity index (χ2n) is 7.22. The fourth-order valence-electron chi connectivity index (χ4n) is 3.64. The van der Waals surface area contributed by atoms with Crippen LogP contribution in [0.1, 0.15) is 35.4 Å². The molecule has 29 heavy (non-hydrogen) atoms. The molecule has 4 rings (SSSR count). The Morgan fingerprint density at radius 2 is 1.93 bits per heavy atom. The number of aromatic nitrogens is 2. The Kier molecular flexibility index (Phi) is 5.97. The number of aryl methyl sites for hydroxylation is 1. The van der Waals surface area contributed by atoms with Crippen molar-refractivity contribution in [2.45, 2.75) is 26.2 Å². The Hall–Kier alpha value is -3.03. The molecular weight excluding hydrogens is 370 g/mol. The summed E-state index contributed by atoms with van der Waals surface area (Å²) in [5.41, 5.74) is 0.493. The van der Waals surface area contributed by atoms with Gasteiger partial charge in [0.15, 0.2) is 11.5 Å². The summed E-state index contributed by atoms with van der Waals surface area (Å²) in [5, 5.41) is 6.21. The number of fused-ring (bicyclic) bond motifs is 1. The molecule has 154 valence electrons. The van der Waals surface area contributed by atoms with E-state index in [0.717, 1.165) is 30.5 Å². The second-order valence-corrected chi connectivity index (χ2v) is 7.22. The summed E-state index contributed by atoms with van der Waals surface area (Å²) in [7, 11) is 0. The molecular formula is C21H27N5O3. The zero-order valence-electron chi connectivity index (χ0n) is 16.7. The molecule has 1 fully saturated rings. The Morgan fingerprint density at radius 3 is 2.79 bits per heavy atom. The largest absolute Gasteiger partial charge is 0.486 e. The molecule has 1 aromatic heterocycles. The maximum Gasteiger partial charge on any atom is 0.255 e. The zero-order chi connectivity index (χ0) is 20.1. The van der Waals surface area contributed by atoms with Gasteiger partial charge in [0.25, 0.3) is 5.91 Å². The van der Waals surface area contributed by atoms with Crippen molar-refractivity contribution >= 4 is 17.5 Å². The molecule has 2 aliphatic heterocycles. The minimum absolute atomic E-state index is 0.179. The molecule has 8 heteroatoms. The molecule has 0 radical (unpaired) electrons. The van der Waals surface area contributed by atoms with Gasteiger partial charge in [0.05, 0.1) is 5.56 Å². The van der Waals surface area contributed by atoms with Crippen LogP contribution < -0.4 is 25.0 Å². The van der Waals surface area contributed by atoms with E-state index in [-0.39, 0.29) is 5.91 Å². The van der Waals surface area contributed by atoms with Crippen molar-refractivity contribution in [1.82, 2.24) is 15.3 Å². The molecule has 0 atom stereocenters. The molecule has 0 saturated carbocycles. The van der Waals surface area contributed by atoms with Crippen LogP contribution in [0.15, 0.2) is 24.3 Å². The van der Waals surface area contributed by atoms with Crippen molar-refractivity contribution in [2.75, 3.05) is 49.6 Å². The fraction of sp³-hybridized carbons (Fsp3) is 0.476. The van der Waals surface area contributed by atoms with Crippen LogP contribution in [-0.4, -0.2) is 55.3 Å². The van der Waals surface area contributed by atoms with Gasteiger partial charge in [-0.1, -0.05) is 6.07 Å². The molecule has 1 amide bonds. The smallest absolute Gasteiger partial charge is 0.255 e. The summed E-state index contributed by atoms with van der Waals surface area (Å²) in [6.45, 7) is 5.96. The van der Waals surface area contributed by atoms with Crippen molar-refractivity contribution < 1.29 is 14.3 Å². The molecule has 2 aliphatic rings. The van der Waals surface area contributed by atoms with Crippen molar-refractivity contribution in [3.8, 4) is 11.5 Å². The Bertz CT molecular complexity index is 867. The van der Waals surface area contributed by atoms with Crippen LogP contribution in [0.2, 0.25) is 0 Å². The number of rotatable bonds is 6. The van der Waals surface area contributed by atoms with Crippen LogP contribution in [0.5, 0.6) is 11.5 Å². The van der Waals surface area contributed by atoms with E-state index in [9.17, 15) is 4.79 Å². The molecule has 1 aromatic carbocycles. The summed E-state index contributed by atoms with van der Waals surface area (Å²) in [5.74, 6) is 3.44. The van der Waals surface area contributed by atoms with Crippen molar-refractivity contribution in [3.05, 3.63) is 35.7 Å². The van der Waals surface area contributed by atoms with E-state index in [1.54, 1.807) is 12.1 Å². The lowest BCUT2D eigenvalue weighted by molar-refractivity contribution is 0.0944. The van der Waals surface area contributed by atoms with E-state index in [1.807, 2.05) is 19.1 Å². The number of nitrogens with zero attached hydrogens (tertiary/aromatic N) is 3. The second kappa shape index (κ2) is 8.98. The van der Waals surface area contributed by atoms with Gasteiger partial charge in [0.1, 0.15) is 30.7 Å². The third-order valence-corrected chi connectivity index (χ3v) is 5.03. The lowest BCUT2D eigenvalue weighted by Crippen LogP contribution is -2.31. The first-order valence-electron chi connectivity index (χ1n) is 10.2. The molecule has 2 aromatic rings. The van der Waals surface area contributed by atoms with Gasteiger partial charge < -0.3 is 25.0 Å². The SMILES string of the molecule is Cc1nc(NCCNC(=O)c2cccc3c2OCCO3)cc(N2CCCCC2)n1. The summed E-state index contributed by atoms with van der Waals surface area (Å²) in [6, 6.07) is 7.34. The van der Waals surface area contributed by atoms with E-state index in [1.165, 1.54) is 19.3 Å². The van der Waals surface area contributed by atoms with Crippen LogP contribution in [0.3, 0.4) is 0 Å². The highest BCUT2D eigenvalue weighted by molar-refractivity contribution is 5.97. The number of nitrogens with one attached hydrogen (secondary N) is 2. The average Bonchev–Trinajstić information content (AvgIpc) is 2.76. The van der Waals surface area contributed by atoms with Gasteiger partial charge in [-0.25, -0.2) is 9.97 Å². The number of para-hydroxylation sites is 1. The third kappa shape index (κ3) is 4.70. The number of carbonyl (C=O) groups excluding carboxylic acids is 1. The molecule has 2 N–H and O–H groups in total. The lowest BCUT2D eigenvalue weighted by Gasteiger charge is -2.28. The van der Waals surface area contributed by atoms with Crippen molar-refractivity contribution in [2.24, 2.45) is 0 Å². The van der Waals surface area contributed by atoms with E-state index in [2.05, 4.69) is 25.5 Å².